The number of ether oxygens (including phenoxy) is 1. The zero-order valence-corrected chi connectivity index (χ0v) is 10.3. The van der Waals surface area contributed by atoms with Gasteiger partial charge in [0.25, 0.3) is 0 Å². The molecule has 3 heteroatoms. The fourth-order valence-corrected chi connectivity index (χ4v) is 2.48. The maximum Gasteiger partial charge on any atom is 0.121 e. The molecule has 0 aliphatic rings. The Morgan fingerprint density at radius 3 is 2.69 bits per heavy atom. The second-order valence-corrected chi connectivity index (χ2v) is 4.70. The molecule has 0 aliphatic carbocycles. The summed E-state index contributed by atoms with van der Waals surface area (Å²) < 4.78 is 5.23. The highest BCUT2D eigenvalue weighted by atomic mass is 32.1. The zero-order valence-electron chi connectivity index (χ0n) is 9.44. The summed E-state index contributed by atoms with van der Waals surface area (Å²) in [4.78, 5) is 1.18. The van der Waals surface area contributed by atoms with Crippen LogP contribution in [0.25, 0.3) is 0 Å². The van der Waals surface area contributed by atoms with E-state index in [1.165, 1.54) is 4.88 Å². The van der Waals surface area contributed by atoms with Gasteiger partial charge in [-0.2, -0.15) is 0 Å². The Balaban J connectivity index is 2.31. The molecule has 1 atom stereocenters. The monoisotopic (exact) mass is 233 g/mol. The molecule has 2 aromatic rings. The Kier molecular flexibility index (Phi) is 3.27. The third-order valence-electron chi connectivity index (χ3n) is 2.63. The average molecular weight is 233 g/mol. The van der Waals surface area contributed by atoms with Crippen LogP contribution in [0.5, 0.6) is 5.75 Å². The van der Waals surface area contributed by atoms with Gasteiger partial charge in [-0.15, -0.1) is 11.3 Å². The molecule has 0 unspecified atom stereocenters. The predicted molar refractivity (Wildman–Crippen MR) is 68.1 cm³/mol. The van der Waals surface area contributed by atoms with Gasteiger partial charge in [-0.05, 0) is 35.6 Å². The van der Waals surface area contributed by atoms with Crippen LogP contribution in [0.3, 0.4) is 0 Å². The smallest absolute Gasteiger partial charge is 0.121 e. The van der Waals surface area contributed by atoms with Crippen molar-refractivity contribution in [2.24, 2.45) is 5.73 Å². The summed E-state index contributed by atoms with van der Waals surface area (Å²) in [6.45, 7) is 2.03. The summed E-state index contributed by atoms with van der Waals surface area (Å²) in [6.07, 6.45) is 0. The second-order valence-electron chi connectivity index (χ2n) is 3.72. The first-order valence-electron chi connectivity index (χ1n) is 5.16. The molecule has 16 heavy (non-hydrogen) atoms. The second kappa shape index (κ2) is 4.68. The van der Waals surface area contributed by atoms with Crippen LogP contribution in [-0.4, -0.2) is 7.11 Å². The normalized spacial score (nSPS) is 12.4. The largest absolute Gasteiger partial charge is 0.496 e. The summed E-state index contributed by atoms with van der Waals surface area (Å²) in [6, 6.07) is 10.1. The number of benzene rings is 1. The topological polar surface area (TPSA) is 35.2 Å². The number of thiophene rings is 1. The molecule has 1 aromatic heterocycles. The van der Waals surface area contributed by atoms with E-state index >= 15 is 0 Å². The molecule has 0 amide bonds. The lowest BCUT2D eigenvalue weighted by atomic mass is 10.0. The molecule has 0 aliphatic heterocycles. The van der Waals surface area contributed by atoms with Crippen molar-refractivity contribution in [1.29, 1.82) is 0 Å². The number of rotatable bonds is 3. The van der Waals surface area contributed by atoms with Gasteiger partial charge in [-0.3, -0.25) is 0 Å². The summed E-state index contributed by atoms with van der Waals surface area (Å²) in [7, 11) is 1.68. The fourth-order valence-electron chi connectivity index (χ4n) is 1.73. The highest BCUT2D eigenvalue weighted by molar-refractivity contribution is 7.10. The van der Waals surface area contributed by atoms with Crippen LogP contribution in [0, 0.1) is 6.92 Å². The lowest BCUT2D eigenvalue weighted by Gasteiger charge is -2.12. The van der Waals surface area contributed by atoms with E-state index < -0.39 is 0 Å². The van der Waals surface area contributed by atoms with E-state index in [4.69, 9.17) is 10.5 Å². The number of hydrogen-bond acceptors (Lipinski definition) is 3. The Morgan fingerprint density at radius 2 is 2.12 bits per heavy atom. The summed E-state index contributed by atoms with van der Waals surface area (Å²) in [5.41, 5.74) is 8.43. The number of nitrogens with two attached hydrogens (primary N) is 1. The van der Waals surface area contributed by atoms with Gasteiger partial charge in [0.2, 0.25) is 0 Å². The Hall–Kier alpha value is -1.32. The molecule has 2 rings (SSSR count). The molecular weight excluding hydrogens is 218 g/mol. The van der Waals surface area contributed by atoms with E-state index in [-0.39, 0.29) is 6.04 Å². The van der Waals surface area contributed by atoms with Gasteiger partial charge in [0.1, 0.15) is 5.75 Å². The zero-order chi connectivity index (χ0) is 11.5. The van der Waals surface area contributed by atoms with Gasteiger partial charge in [0.15, 0.2) is 0 Å². The standard InChI is InChI=1S/C13H15NOS/c1-9-8-10(5-6-11(9)15-2)13(14)12-4-3-7-16-12/h3-8,13H,14H2,1-2H3/t13-/m0/s1. The van der Waals surface area contributed by atoms with E-state index in [1.54, 1.807) is 18.4 Å². The third kappa shape index (κ3) is 2.10. The molecule has 0 radical (unpaired) electrons. The number of methoxy groups -OCH3 is 1. The van der Waals surface area contributed by atoms with Crippen LogP contribution >= 0.6 is 11.3 Å². The predicted octanol–water partition coefficient (Wildman–Crippen LogP) is 3.11. The molecule has 84 valence electrons. The van der Waals surface area contributed by atoms with Crippen molar-refractivity contribution >= 4 is 11.3 Å². The summed E-state index contributed by atoms with van der Waals surface area (Å²) in [5, 5.41) is 2.05. The molecule has 1 heterocycles. The van der Waals surface area contributed by atoms with Gasteiger partial charge in [0.05, 0.1) is 13.2 Å². The van der Waals surface area contributed by atoms with Crippen molar-refractivity contribution in [3.8, 4) is 5.75 Å². The maximum absolute atomic E-state index is 6.19. The Morgan fingerprint density at radius 1 is 1.31 bits per heavy atom. The van der Waals surface area contributed by atoms with E-state index in [2.05, 4.69) is 12.1 Å². The van der Waals surface area contributed by atoms with Crippen LogP contribution < -0.4 is 10.5 Å². The van der Waals surface area contributed by atoms with Gasteiger partial charge < -0.3 is 10.5 Å². The minimum Gasteiger partial charge on any atom is -0.496 e. The minimum absolute atomic E-state index is 0.0374. The van der Waals surface area contributed by atoms with E-state index in [9.17, 15) is 0 Å². The summed E-state index contributed by atoms with van der Waals surface area (Å²) >= 11 is 1.69. The lowest BCUT2D eigenvalue weighted by Crippen LogP contribution is -2.10. The van der Waals surface area contributed by atoms with Crippen LogP contribution in [0.1, 0.15) is 22.0 Å². The first kappa shape index (κ1) is 11.2. The molecule has 1 aromatic carbocycles. The van der Waals surface area contributed by atoms with Crippen LogP contribution in [0.4, 0.5) is 0 Å². The number of aryl methyl sites for hydroxylation is 1. The van der Waals surface area contributed by atoms with Gasteiger partial charge in [0, 0.05) is 4.88 Å². The first-order valence-corrected chi connectivity index (χ1v) is 6.04. The van der Waals surface area contributed by atoms with Crippen molar-refractivity contribution in [2.45, 2.75) is 13.0 Å². The average Bonchev–Trinajstić information content (AvgIpc) is 2.81. The van der Waals surface area contributed by atoms with Crippen LogP contribution in [0.2, 0.25) is 0 Å². The molecular formula is C13H15NOS. The molecule has 2 nitrogen and oxygen atoms in total. The van der Waals surface area contributed by atoms with Crippen LogP contribution in [-0.2, 0) is 0 Å². The van der Waals surface area contributed by atoms with Crippen molar-refractivity contribution in [1.82, 2.24) is 0 Å². The fraction of sp³-hybridized carbons (Fsp3) is 0.231. The maximum atomic E-state index is 6.19. The highest BCUT2D eigenvalue weighted by Crippen LogP contribution is 2.27. The van der Waals surface area contributed by atoms with Crippen molar-refractivity contribution < 1.29 is 4.74 Å². The van der Waals surface area contributed by atoms with Gasteiger partial charge >= 0.3 is 0 Å². The van der Waals surface area contributed by atoms with Gasteiger partial charge in [-0.25, -0.2) is 0 Å². The Labute approximate surface area is 99.7 Å². The molecule has 0 spiro atoms. The summed E-state index contributed by atoms with van der Waals surface area (Å²) in [5.74, 6) is 0.905. The van der Waals surface area contributed by atoms with Crippen molar-refractivity contribution in [3.63, 3.8) is 0 Å². The van der Waals surface area contributed by atoms with E-state index in [0.29, 0.717) is 0 Å². The molecule has 2 N–H and O–H groups in total. The van der Waals surface area contributed by atoms with Gasteiger partial charge in [-0.1, -0.05) is 18.2 Å². The first-order chi connectivity index (χ1) is 7.72. The number of hydrogen-bond donors (Lipinski definition) is 1. The SMILES string of the molecule is COc1ccc([C@H](N)c2cccs2)cc1C. The Bertz CT molecular complexity index is 465. The van der Waals surface area contributed by atoms with E-state index in [1.807, 2.05) is 30.5 Å². The molecule has 0 fully saturated rings. The lowest BCUT2D eigenvalue weighted by molar-refractivity contribution is 0.411. The highest BCUT2D eigenvalue weighted by Gasteiger charge is 2.10. The minimum atomic E-state index is -0.0374. The molecule has 0 saturated heterocycles. The molecule has 0 saturated carbocycles. The van der Waals surface area contributed by atoms with Crippen molar-refractivity contribution in [3.05, 3.63) is 51.7 Å². The third-order valence-corrected chi connectivity index (χ3v) is 3.58. The molecule has 0 bridgehead atoms. The van der Waals surface area contributed by atoms with Crippen molar-refractivity contribution in [2.75, 3.05) is 7.11 Å². The van der Waals surface area contributed by atoms with E-state index in [0.717, 1.165) is 16.9 Å². The van der Waals surface area contributed by atoms with Crippen LogP contribution in [0.15, 0.2) is 35.7 Å². The quantitative estimate of drug-likeness (QED) is 0.884.